The number of alkyl halides is 3. The van der Waals surface area contributed by atoms with E-state index in [1.807, 2.05) is 38.2 Å². The molecule has 15 heteroatoms. The number of nitrogens with two attached hydrogens (primary N) is 1. The summed E-state index contributed by atoms with van der Waals surface area (Å²) in [6.45, 7) is 5.64. The number of carboxylic acid groups (broad SMARTS) is 1. The van der Waals surface area contributed by atoms with E-state index in [1.165, 1.54) is 0 Å². The predicted molar refractivity (Wildman–Crippen MR) is 135 cm³/mol. The Morgan fingerprint density at radius 3 is 2.67 bits per heavy atom. The molecule has 214 valence electrons. The van der Waals surface area contributed by atoms with E-state index in [0.717, 1.165) is 24.0 Å². The molecular weight excluding hydrogens is 545 g/mol. The molecule has 4 rings (SSSR count). The van der Waals surface area contributed by atoms with Gasteiger partial charge in [0, 0.05) is 25.3 Å². The van der Waals surface area contributed by atoms with Crippen LogP contribution in [-0.2, 0) is 31.1 Å². The number of aliphatic carboxylic acids is 1. The van der Waals surface area contributed by atoms with Crippen LogP contribution in [0.5, 0.6) is 0 Å². The fourth-order valence-corrected chi connectivity index (χ4v) is 4.90. The molecule has 0 radical (unpaired) electrons. The zero-order valence-corrected chi connectivity index (χ0v) is 22.4. The minimum Gasteiger partial charge on any atom is -0.475 e. The normalized spacial score (nSPS) is 23.6. The monoisotopic (exact) mass is 574 g/mol. The molecule has 0 saturated carbocycles. The molecule has 0 aliphatic carbocycles. The molecule has 1 fully saturated rings. The number of guanidine groups is 1. The highest BCUT2D eigenvalue weighted by Crippen LogP contribution is 2.41. The van der Waals surface area contributed by atoms with Gasteiger partial charge in [0.05, 0.1) is 42.4 Å². The van der Waals surface area contributed by atoms with Crippen molar-refractivity contribution >= 4 is 29.4 Å². The summed E-state index contributed by atoms with van der Waals surface area (Å²) >= 11 is 6.83. The Labute approximate surface area is 227 Å². The van der Waals surface area contributed by atoms with E-state index in [0.29, 0.717) is 30.5 Å². The van der Waals surface area contributed by atoms with Gasteiger partial charge in [0.1, 0.15) is 5.69 Å². The summed E-state index contributed by atoms with van der Waals surface area (Å²) in [5.74, 6) is -2.58. The maximum Gasteiger partial charge on any atom is 0.490 e. The van der Waals surface area contributed by atoms with Crippen LogP contribution in [0.3, 0.4) is 0 Å². The van der Waals surface area contributed by atoms with Crippen molar-refractivity contribution in [2.45, 2.75) is 63.5 Å². The van der Waals surface area contributed by atoms with Gasteiger partial charge in [-0.2, -0.15) is 13.2 Å². The number of benzene rings is 1. The Bertz CT molecular complexity index is 1220. The minimum absolute atomic E-state index is 0.00324. The first-order valence-corrected chi connectivity index (χ1v) is 12.4. The highest BCUT2D eigenvalue weighted by Gasteiger charge is 2.42. The largest absolute Gasteiger partial charge is 0.490 e. The molecule has 0 spiro atoms. The van der Waals surface area contributed by atoms with Crippen LogP contribution < -0.4 is 5.73 Å². The van der Waals surface area contributed by atoms with E-state index in [4.69, 9.17) is 41.7 Å². The molecular formula is C24H30ClF3N6O5. The number of aliphatic imine (C=N–C) groups is 1. The maximum atomic E-state index is 13.2. The number of aromatic nitrogens is 3. The van der Waals surface area contributed by atoms with E-state index >= 15 is 0 Å². The molecule has 1 aromatic heterocycles. The predicted octanol–water partition coefficient (Wildman–Crippen LogP) is 3.21. The van der Waals surface area contributed by atoms with Gasteiger partial charge in [-0.3, -0.25) is 9.69 Å². The fraction of sp³-hybridized carbons (Fsp3) is 0.542. The molecule has 11 nitrogen and oxygen atoms in total. The van der Waals surface area contributed by atoms with Crippen LogP contribution in [0, 0.1) is 0 Å². The lowest BCUT2D eigenvalue weighted by atomic mass is 9.85. The molecule has 3 atom stereocenters. The number of ether oxygens (including phenoxy) is 2. The van der Waals surface area contributed by atoms with E-state index in [-0.39, 0.29) is 30.4 Å². The first kappa shape index (κ1) is 30.3. The Balaban J connectivity index is 0.000000532. The summed E-state index contributed by atoms with van der Waals surface area (Å²) in [5, 5.41) is 16.0. The van der Waals surface area contributed by atoms with Gasteiger partial charge >= 0.3 is 12.1 Å². The van der Waals surface area contributed by atoms with Gasteiger partial charge in [0.15, 0.2) is 5.96 Å². The maximum absolute atomic E-state index is 13.2. The molecule has 2 aliphatic heterocycles. The lowest BCUT2D eigenvalue weighted by Gasteiger charge is -2.41. The van der Waals surface area contributed by atoms with Crippen molar-refractivity contribution in [3.63, 3.8) is 0 Å². The molecule has 3 N–H and O–H groups in total. The lowest BCUT2D eigenvalue weighted by molar-refractivity contribution is -0.192. The van der Waals surface area contributed by atoms with Gasteiger partial charge in [0.2, 0.25) is 5.91 Å². The van der Waals surface area contributed by atoms with Gasteiger partial charge in [-0.15, -0.1) is 5.10 Å². The van der Waals surface area contributed by atoms with Crippen molar-refractivity contribution in [1.29, 1.82) is 0 Å². The second-order valence-corrected chi connectivity index (χ2v) is 9.75. The van der Waals surface area contributed by atoms with Crippen molar-refractivity contribution in [3.05, 3.63) is 35.0 Å². The molecule has 39 heavy (non-hydrogen) atoms. The van der Waals surface area contributed by atoms with Crippen molar-refractivity contribution in [1.82, 2.24) is 19.9 Å². The minimum atomic E-state index is -5.08. The number of hydrogen-bond donors (Lipinski definition) is 2. The van der Waals surface area contributed by atoms with Gasteiger partial charge in [0.25, 0.3) is 0 Å². The summed E-state index contributed by atoms with van der Waals surface area (Å²) in [4.78, 5) is 28.5. The summed E-state index contributed by atoms with van der Waals surface area (Å²) in [6, 6.07) is 5.66. The van der Waals surface area contributed by atoms with Crippen LogP contribution in [0.4, 0.5) is 13.2 Å². The van der Waals surface area contributed by atoms with Crippen molar-refractivity contribution in [2.24, 2.45) is 10.7 Å². The molecule has 2 aromatic rings. The third-order valence-electron chi connectivity index (χ3n) is 6.36. The lowest BCUT2D eigenvalue weighted by Crippen LogP contribution is -2.56. The van der Waals surface area contributed by atoms with E-state index in [2.05, 4.69) is 10.3 Å². The molecule has 3 heterocycles. The summed E-state index contributed by atoms with van der Waals surface area (Å²) in [7, 11) is 1.64. The van der Waals surface area contributed by atoms with Crippen LogP contribution in [-0.4, -0.2) is 81.5 Å². The topological polar surface area (TPSA) is 145 Å². The second-order valence-electron chi connectivity index (χ2n) is 9.37. The van der Waals surface area contributed by atoms with E-state index < -0.39 is 17.7 Å². The number of hydrogen-bond acceptors (Lipinski definition) is 8. The third-order valence-corrected chi connectivity index (χ3v) is 6.76. The van der Waals surface area contributed by atoms with Gasteiger partial charge in [-0.25, -0.2) is 14.5 Å². The van der Waals surface area contributed by atoms with Gasteiger partial charge in [-0.05, 0) is 32.3 Å². The third kappa shape index (κ3) is 7.25. The Morgan fingerprint density at radius 2 is 2.08 bits per heavy atom. The van der Waals surface area contributed by atoms with Gasteiger partial charge < -0.3 is 20.3 Å². The van der Waals surface area contributed by atoms with Crippen molar-refractivity contribution in [3.8, 4) is 11.3 Å². The number of halogens is 4. The first-order valence-electron chi connectivity index (χ1n) is 12.0. The van der Waals surface area contributed by atoms with E-state index in [1.54, 1.807) is 16.7 Å². The van der Waals surface area contributed by atoms with Crippen molar-refractivity contribution < 1.29 is 37.3 Å². The zero-order valence-electron chi connectivity index (χ0n) is 21.6. The number of carbonyl (C=O) groups is 2. The van der Waals surface area contributed by atoms with Crippen LogP contribution in [0.2, 0.25) is 5.02 Å². The molecule has 0 bridgehead atoms. The average molecular weight is 575 g/mol. The molecule has 0 unspecified atom stereocenters. The number of methoxy groups -OCH3 is 1. The summed E-state index contributed by atoms with van der Waals surface area (Å²) < 4.78 is 44.1. The van der Waals surface area contributed by atoms with Gasteiger partial charge in [-0.1, -0.05) is 35.0 Å². The summed E-state index contributed by atoms with van der Waals surface area (Å²) in [5.41, 5.74) is 7.59. The molecule has 1 amide bonds. The molecule has 2 aliphatic rings. The Kier molecular flexibility index (Phi) is 9.56. The SMILES string of the molecule is COCCn1cc(-c2cccc([C@]3(C)CC(=O)N([C@H]4CCO[C@@H](C)C4)C(N)=N3)c2Cl)nn1.O=C(O)C(F)(F)F. The highest BCUT2D eigenvalue weighted by atomic mass is 35.5. The number of amides is 1. The first-order chi connectivity index (χ1) is 18.3. The number of nitrogens with zero attached hydrogens (tertiary/aromatic N) is 5. The van der Waals surface area contributed by atoms with Crippen LogP contribution >= 0.6 is 11.6 Å². The van der Waals surface area contributed by atoms with Crippen LogP contribution in [0.25, 0.3) is 11.3 Å². The second kappa shape index (κ2) is 12.3. The Morgan fingerprint density at radius 1 is 1.38 bits per heavy atom. The van der Waals surface area contributed by atoms with E-state index in [9.17, 15) is 18.0 Å². The van der Waals surface area contributed by atoms with Crippen LogP contribution in [0.15, 0.2) is 29.4 Å². The average Bonchev–Trinajstić information content (AvgIpc) is 3.31. The smallest absolute Gasteiger partial charge is 0.475 e. The Hall–Kier alpha value is -3.23. The zero-order chi connectivity index (χ0) is 29.0. The van der Waals surface area contributed by atoms with Crippen LogP contribution in [0.1, 0.15) is 38.7 Å². The standard InChI is InChI=1S/C22H29ClN6O3.C2HF3O2/c1-14-11-15(7-9-32-14)29-19(30)12-22(2,25-21(29)24)17-6-4-5-16(20(17)23)18-13-28(27-26-18)8-10-31-3;3-2(4,5)1(6)7/h4-6,13-15H,7-12H2,1-3H3,(H2,24,25);(H,6,7)/t14-,15-,22-;/m0./s1. The summed E-state index contributed by atoms with van der Waals surface area (Å²) in [6.07, 6.45) is -1.50. The fourth-order valence-electron chi connectivity index (χ4n) is 4.47. The molecule has 1 aromatic carbocycles. The highest BCUT2D eigenvalue weighted by molar-refractivity contribution is 6.34. The number of rotatable bonds is 6. The quantitative estimate of drug-likeness (QED) is 0.535. The molecule has 1 saturated heterocycles. The van der Waals surface area contributed by atoms with Crippen molar-refractivity contribution in [2.75, 3.05) is 20.3 Å². The number of carboxylic acids is 1. The number of carbonyl (C=O) groups excluding carboxylic acids is 1.